The highest BCUT2D eigenvalue weighted by atomic mass is 32.1. The number of hydrogen-bond acceptors (Lipinski definition) is 3. The molecule has 0 unspecified atom stereocenters. The molecule has 2 aromatic heterocycles. The molecule has 84 valence electrons. The Hall–Kier alpha value is -1.42. The second-order valence-electron chi connectivity index (χ2n) is 4.01. The standard InChI is InChI=1S/C12H14N2OS/c1-9(2)12-13-10(8-16-12)6-14-5-3-4-11(14)7-15/h3-5,7-9H,6H2,1-2H3. The van der Waals surface area contributed by atoms with E-state index in [0.717, 1.165) is 17.0 Å². The van der Waals surface area contributed by atoms with Crippen molar-refractivity contribution < 1.29 is 4.79 Å². The summed E-state index contributed by atoms with van der Waals surface area (Å²) >= 11 is 1.68. The first-order chi connectivity index (χ1) is 7.70. The van der Waals surface area contributed by atoms with E-state index >= 15 is 0 Å². The van der Waals surface area contributed by atoms with Gasteiger partial charge in [-0.1, -0.05) is 13.8 Å². The monoisotopic (exact) mass is 234 g/mol. The van der Waals surface area contributed by atoms with Gasteiger partial charge in [0, 0.05) is 17.5 Å². The van der Waals surface area contributed by atoms with Crippen molar-refractivity contribution in [3.05, 3.63) is 40.1 Å². The number of aldehydes is 1. The fraction of sp³-hybridized carbons (Fsp3) is 0.333. The lowest BCUT2D eigenvalue weighted by Gasteiger charge is -2.02. The van der Waals surface area contributed by atoms with Crippen molar-refractivity contribution in [3.8, 4) is 0 Å². The van der Waals surface area contributed by atoms with Gasteiger partial charge in [-0.25, -0.2) is 4.98 Å². The molecule has 0 aliphatic heterocycles. The Bertz CT molecular complexity index is 485. The zero-order chi connectivity index (χ0) is 11.5. The van der Waals surface area contributed by atoms with E-state index in [1.165, 1.54) is 0 Å². The van der Waals surface area contributed by atoms with Gasteiger partial charge in [-0.15, -0.1) is 11.3 Å². The highest BCUT2D eigenvalue weighted by Gasteiger charge is 2.07. The maximum atomic E-state index is 10.8. The van der Waals surface area contributed by atoms with Crippen LogP contribution in [0.2, 0.25) is 0 Å². The molecule has 16 heavy (non-hydrogen) atoms. The van der Waals surface area contributed by atoms with Gasteiger partial charge in [-0.2, -0.15) is 0 Å². The van der Waals surface area contributed by atoms with Crippen molar-refractivity contribution in [1.82, 2.24) is 9.55 Å². The number of nitrogens with zero attached hydrogens (tertiary/aromatic N) is 2. The number of hydrogen-bond donors (Lipinski definition) is 0. The molecule has 4 heteroatoms. The quantitative estimate of drug-likeness (QED) is 0.762. The molecular weight excluding hydrogens is 220 g/mol. The topological polar surface area (TPSA) is 34.9 Å². The van der Waals surface area contributed by atoms with E-state index < -0.39 is 0 Å². The molecule has 0 amide bonds. The Morgan fingerprint density at radius 2 is 2.38 bits per heavy atom. The summed E-state index contributed by atoms with van der Waals surface area (Å²) in [6.45, 7) is 4.94. The van der Waals surface area contributed by atoms with Crippen LogP contribution in [0.25, 0.3) is 0 Å². The number of carbonyl (C=O) groups excluding carboxylic acids is 1. The SMILES string of the molecule is CC(C)c1nc(Cn2cccc2C=O)cs1. The van der Waals surface area contributed by atoms with Crippen LogP contribution in [0.3, 0.4) is 0 Å². The first-order valence-electron chi connectivity index (χ1n) is 5.25. The molecule has 0 radical (unpaired) electrons. The minimum Gasteiger partial charge on any atom is -0.339 e. The average Bonchev–Trinajstić information content (AvgIpc) is 2.87. The molecule has 3 nitrogen and oxygen atoms in total. The molecular formula is C12H14N2OS. The minimum atomic E-state index is 0.467. The average molecular weight is 234 g/mol. The van der Waals surface area contributed by atoms with Gasteiger partial charge in [0.15, 0.2) is 6.29 Å². The maximum Gasteiger partial charge on any atom is 0.166 e. The van der Waals surface area contributed by atoms with Gasteiger partial charge in [0.25, 0.3) is 0 Å². The molecule has 2 rings (SSSR count). The van der Waals surface area contributed by atoms with Gasteiger partial charge < -0.3 is 4.57 Å². The van der Waals surface area contributed by atoms with Crippen LogP contribution >= 0.6 is 11.3 Å². The van der Waals surface area contributed by atoms with Crippen molar-refractivity contribution in [2.75, 3.05) is 0 Å². The van der Waals surface area contributed by atoms with Gasteiger partial charge in [0.1, 0.15) is 0 Å². The van der Waals surface area contributed by atoms with Gasteiger partial charge in [0.05, 0.1) is 22.9 Å². The molecule has 0 bridgehead atoms. The third-order valence-electron chi connectivity index (χ3n) is 2.38. The smallest absolute Gasteiger partial charge is 0.166 e. The first kappa shape index (κ1) is 11.1. The van der Waals surface area contributed by atoms with Gasteiger partial charge in [0.2, 0.25) is 0 Å². The van der Waals surface area contributed by atoms with Crippen molar-refractivity contribution in [2.24, 2.45) is 0 Å². The molecule has 0 aliphatic carbocycles. The van der Waals surface area contributed by atoms with Crippen LogP contribution in [0.4, 0.5) is 0 Å². The molecule has 0 aromatic carbocycles. The van der Waals surface area contributed by atoms with E-state index in [2.05, 4.69) is 24.2 Å². The van der Waals surface area contributed by atoms with Crippen molar-refractivity contribution >= 4 is 17.6 Å². The predicted molar refractivity (Wildman–Crippen MR) is 65.1 cm³/mol. The van der Waals surface area contributed by atoms with E-state index in [-0.39, 0.29) is 0 Å². The van der Waals surface area contributed by atoms with Crippen molar-refractivity contribution in [2.45, 2.75) is 26.3 Å². The summed E-state index contributed by atoms with van der Waals surface area (Å²) in [5, 5.41) is 3.21. The van der Waals surface area contributed by atoms with E-state index in [1.807, 2.05) is 22.9 Å². The fourth-order valence-corrected chi connectivity index (χ4v) is 2.34. The molecule has 2 heterocycles. The third kappa shape index (κ3) is 2.22. The van der Waals surface area contributed by atoms with Crippen LogP contribution in [0.5, 0.6) is 0 Å². The Morgan fingerprint density at radius 3 is 3.00 bits per heavy atom. The lowest BCUT2D eigenvalue weighted by Crippen LogP contribution is -2.02. The summed E-state index contributed by atoms with van der Waals surface area (Å²) in [6.07, 6.45) is 2.77. The molecule has 2 aromatic rings. The van der Waals surface area contributed by atoms with Crippen LogP contribution in [-0.4, -0.2) is 15.8 Å². The summed E-state index contributed by atoms with van der Waals surface area (Å²) in [5.74, 6) is 0.467. The normalized spacial score (nSPS) is 10.9. The minimum absolute atomic E-state index is 0.467. The molecule has 0 aliphatic rings. The third-order valence-corrected chi connectivity index (χ3v) is 3.58. The maximum absolute atomic E-state index is 10.8. The lowest BCUT2D eigenvalue weighted by atomic mass is 10.2. The summed E-state index contributed by atoms with van der Waals surface area (Å²) in [6, 6.07) is 3.68. The lowest BCUT2D eigenvalue weighted by molar-refractivity contribution is 0.111. The van der Waals surface area contributed by atoms with Crippen molar-refractivity contribution in [1.29, 1.82) is 0 Å². The van der Waals surface area contributed by atoms with Crippen LogP contribution in [0.1, 0.15) is 41.0 Å². The van der Waals surface area contributed by atoms with E-state index in [4.69, 9.17) is 0 Å². The van der Waals surface area contributed by atoms with E-state index in [9.17, 15) is 4.79 Å². The Kier molecular flexibility index (Phi) is 3.19. The predicted octanol–water partition coefficient (Wildman–Crippen LogP) is 2.93. The highest BCUT2D eigenvalue weighted by molar-refractivity contribution is 7.09. The molecule has 0 N–H and O–H groups in total. The van der Waals surface area contributed by atoms with E-state index in [1.54, 1.807) is 11.3 Å². The van der Waals surface area contributed by atoms with Crippen LogP contribution in [0.15, 0.2) is 23.7 Å². The number of carbonyl (C=O) groups is 1. The van der Waals surface area contributed by atoms with Gasteiger partial charge >= 0.3 is 0 Å². The zero-order valence-electron chi connectivity index (χ0n) is 9.38. The molecule has 0 atom stereocenters. The highest BCUT2D eigenvalue weighted by Crippen LogP contribution is 2.19. The largest absolute Gasteiger partial charge is 0.339 e. The van der Waals surface area contributed by atoms with E-state index in [0.29, 0.717) is 18.2 Å². The van der Waals surface area contributed by atoms with Crippen molar-refractivity contribution in [3.63, 3.8) is 0 Å². The van der Waals surface area contributed by atoms with Crippen LogP contribution in [-0.2, 0) is 6.54 Å². The van der Waals surface area contributed by atoms with Gasteiger partial charge in [-0.3, -0.25) is 4.79 Å². The Morgan fingerprint density at radius 1 is 1.56 bits per heavy atom. The number of aromatic nitrogens is 2. The second kappa shape index (κ2) is 4.61. The number of thiazole rings is 1. The zero-order valence-corrected chi connectivity index (χ0v) is 10.2. The van der Waals surface area contributed by atoms with Crippen LogP contribution < -0.4 is 0 Å². The molecule has 0 saturated heterocycles. The summed E-state index contributed by atoms with van der Waals surface area (Å²) < 4.78 is 1.91. The fourth-order valence-electron chi connectivity index (χ4n) is 1.51. The summed E-state index contributed by atoms with van der Waals surface area (Å²) in [4.78, 5) is 15.3. The Labute approximate surface area is 98.8 Å². The van der Waals surface area contributed by atoms with Crippen LogP contribution in [0, 0.1) is 0 Å². The Balaban J connectivity index is 2.17. The number of rotatable bonds is 4. The first-order valence-corrected chi connectivity index (χ1v) is 6.13. The molecule has 0 spiro atoms. The van der Waals surface area contributed by atoms with Gasteiger partial charge in [-0.05, 0) is 12.1 Å². The molecule has 0 fully saturated rings. The second-order valence-corrected chi connectivity index (χ2v) is 4.90. The summed E-state index contributed by atoms with van der Waals surface area (Å²) in [7, 11) is 0. The molecule has 0 saturated carbocycles. The summed E-state index contributed by atoms with van der Waals surface area (Å²) in [5.41, 5.74) is 1.71.